The number of thiophene rings is 1. The zero-order valence-corrected chi connectivity index (χ0v) is 20.6. The van der Waals surface area contributed by atoms with Gasteiger partial charge in [0, 0.05) is 25.7 Å². The number of aromatic nitrogens is 1. The van der Waals surface area contributed by atoms with Gasteiger partial charge >= 0.3 is 0 Å². The van der Waals surface area contributed by atoms with E-state index < -0.39 is 10.0 Å². The van der Waals surface area contributed by atoms with Crippen LogP contribution in [0.25, 0.3) is 9.53 Å². The van der Waals surface area contributed by atoms with Crippen LogP contribution < -0.4 is 14.9 Å². The van der Waals surface area contributed by atoms with Gasteiger partial charge in [-0.05, 0) is 44.9 Å². The summed E-state index contributed by atoms with van der Waals surface area (Å²) in [6.07, 6.45) is 0. The second-order valence-corrected chi connectivity index (χ2v) is 11.2. The van der Waals surface area contributed by atoms with Crippen LogP contribution in [0, 0.1) is 0 Å². The van der Waals surface area contributed by atoms with Crippen molar-refractivity contribution in [2.24, 2.45) is 0 Å². The second kappa shape index (κ2) is 10.1. The van der Waals surface area contributed by atoms with Crippen LogP contribution in [0.4, 0.5) is 5.13 Å². The van der Waals surface area contributed by atoms with Crippen LogP contribution in [0.3, 0.4) is 0 Å². The molecule has 0 atom stereocenters. The van der Waals surface area contributed by atoms with Crippen molar-refractivity contribution in [3.05, 3.63) is 46.3 Å². The van der Waals surface area contributed by atoms with Crippen molar-refractivity contribution in [1.29, 1.82) is 0 Å². The number of nitrogens with zero attached hydrogens (tertiary/aromatic N) is 2. The largest absolute Gasteiger partial charge is 0.349 e. The van der Waals surface area contributed by atoms with Crippen molar-refractivity contribution in [3.8, 4) is 0 Å². The number of hydrogen-bond donors (Lipinski definition) is 2. The average molecular weight is 481 g/mol. The highest BCUT2D eigenvalue weighted by Crippen LogP contribution is 2.34. The molecule has 0 radical (unpaired) electrons. The molecule has 2 heterocycles. The van der Waals surface area contributed by atoms with E-state index in [-0.39, 0.29) is 24.2 Å². The summed E-state index contributed by atoms with van der Waals surface area (Å²) in [5, 5.41) is 3.89. The predicted molar refractivity (Wildman–Crippen MR) is 130 cm³/mol. The molecule has 0 spiro atoms. The monoisotopic (exact) mass is 480 g/mol. The Hall–Kier alpha value is -2.01. The lowest BCUT2D eigenvalue weighted by Crippen LogP contribution is -2.31. The summed E-state index contributed by atoms with van der Waals surface area (Å²) < 4.78 is 28.2. The number of amides is 1. The molecule has 1 amide bonds. The first kappa shape index (κ1) is 23.6. The van der Waals surface area contributed by atoms with Gasteiger partial charge in [-0.1, -0.05) is 35.6 Å². The zero-order chi connectivity index (χ0) is 22.6. The number of anilines is 1. The smallest absolute Gasteiger partial charge is 0.261 e. The maximum atomic E-state index is 12.7. The van der Waals surface area contributed by atoms with Crippen LogP contribution in [0.5, 0.6) is 0 Å². The van der Waals surface area contributed by atoms with Gasteiger partial charge in [-0.15, -0.1) is 11.3 Å². The first-order valence-electron chi connectivity index (χ1n) is 10.2. The van der Waals surface area contributed by atoms with E-state index >= 15 is 0 Å². The van der Waals surface area contributed by atoms with Crippen molar-refractivity contribution in [2.75, 3.05) is 18.0 Å². The fourth-order valence-electron chi connectivity index (χ4n) is 3.20. The molecule has 0 aliphatic rings. The highest BCUT2D eigenvalue weighted by molar-refractivity contribution is 7.88. The number of carbonyl (C=O) groups excluding carboxylic acids is 1. The maximum Gasteiger partial charge on any atom is 0.261 e. The van der Waals surface area contributed by atoms with Gasteiger partial charge < -0.3 is 10.2 Å². The van der Waals surface area contributed by atoms with Crippen LogP contribution in [0.2, 0.25) is 0 Å². The van der Waals surface area contributed by atoms with Crippen LogP contribution in [-0.4, -0.2) is 38.4 Å². The molecule has 3 aromatic rings. The van der Waals surface area contributed by atoms with Gasteiger partial charge in [-0.2, -0.15) is 0 Å². The Morgan fingerprint density at radius 3 is 2.42 bits per heavy atom. The Kier molecular flexibility index (Phi) is 7.68. The van der Waals surface area contributed by atoms with Crippen LogP contribution in [-0.2, 0) is 22.3 Å². The fourth-order valence-corrected chi connectivity index (χ4v) is 6.95. The lowest BCUT2D eigenvalue weighted by molar-refractivity contribution is 0.0955. The zero-order valence-electron chi connectivity index (χ0n) is 18.1. The summed E-state index contributed by atoms with van der Waals surface area (Å²) in [7, 11) is -3.44. The number of rotatable bonds is 10. The minimum Gasteiger partial charge on any atom is -0.349 e. The Balaban J connectivity index is 1.69. The Labute approximate surface area is 191 Å². The van der Waals surface area contributed by atoms with Gasteiger partial charge in [0.25, 0.3) is 5.91 Å². The quantitative estimate of drug-likeness (QED) is 0.458. The number of carbonyl (C=O) groups is 1. The summed E-state index contributed by atoms with van der Waals surface area (Å²) in [5.74, 6) is -0.304. The van der Waals surface area contributed by atoms with E-state index in [4.69, 9.17) is 0 Å². The van der Waals surface area contributed by atoms with Crippen LogP contribution in [0.15, 0.2) is 30.3 Å². The van der Waals surface area contributed by atoms with E-state index in [0.717, 1.165) is 33.3 Å². The predicted octanol–water partition coefficient (Wildman–Crippen LogP) is 3.96. The molecule has 7 nitrogen and oxygen atoms in total. The first-order valence-corrected chi connectivity index (χ1v) is 13.5. The molecule has 168 valence electrons. The maximum absolute atomic E-state index is 12.7. The molecular formula is C21H28N4O3S3. The Morgan fingerprint density at radius 1 is 1.13 bits per heavy atom. The molecule has 1 aromatic carbocycles. The van der Waals surface area contributed by atoms with E-state index in [2.05, 4.69) is 33.8 Å². The van der Waals surface area contributed by atoms with Crippen molar-refractivity contribution < 1.29 is 13.2 Å². The summed E-state index contributed by atoms with van der Waals surface area (Å²) in [5.41, 5.74) is 1.46. The van der Waals surface area contributed by atoms with E-state index in [1.54, 1.807) is 37.3 Å². The van der Waals surface area contributed by atoms with Gasteiger partial charge in [-0.3, -0.25) is 4.79 Å². The lowest BCUT2D eigenvalue weighted by atomic mass is 10.1. The number of benzene rings is 1. The summed E-state index contributed by atoms with van der Waals surface area (Å²) in [6, 6.07) is 8.97. The van der Waals surface area contributed by atoms with Gasteiger partial charge in [0.2, 0.25) is 10.0 Å². The van der Waals surface area contributed by atoms with E-state index in [1.807, 2.05) is 18.2 Å². The Morgan fingerprint density at radius 2 is 1.81 bits per heavy atom. The molecule has 0 unspecified atom stereocenters. The topological polar surface area (TPSA) is 91.4 Å². The van der Waals surface area contributed by atoms with Gasteiger partial charge in [-0.25, -0.2) is 18.1 Å². The van der Waals surface area contributed by atoms with Crippen molar-refractivity contribution in [2.45, 2.75) is 46.0 Å². The van der Waals surface area contributed by atoms with E-state index in [1.165, 1.54) is 11.3 Å². The highest BCUT2D eigenvalue weighted by atomic mass is 32.2. The molecular weight excluding hydrogens is 452 g/mol. The molecule has 0 saturated carbocycles. The van der Waals surface area contributed by atoms with Gasteiger partial charge in [0.15, 0.2) is 5.13 Å². The highest BCUT2D eigenvalue weighted by Gasteiger charge is 2.18. The molecule has 31 heavy (non-hydrogen) atoms. The van der Waals surface area contributed by atoms with Crippen molar-refractivity contribution in [3.63, 3.8) is 0 Å². The second-order valence-electron chi connectivity index (χ2n) is 7.43. The molecule has 2 N–H and O–H groups in total. The number of thiazole rings is 1. The molecule has 0 aliphatic carbocycles. The third kappa shape index (κ3) is 6.03. The third-order valence-corrected chi connectivity index (χ3v) is 8.40. The number of sulfonamides is 1. The number of fused-ring (bicyclic) bond motifs is 1. The summed E-state index contributed by atoms with van der Waals surface area (Å²) in [6.45, 7) is 9.82. The molecule has 3 rings (SSSR count). The fraction of sp³-hybridized carbons (Fsp3) is 0.429. The molecule has 0 fully saturated rings. The summed E-state index contributed by atoms with van der Waals surface area (Å²) in [4.78, 5) is 21.0. The van der Waals surface area contributed by atoms with Crippen LogP contribution in [0.1, 0.15) is 48.5 Å². The standard InChI is InChI=1S/C21H28N4O3S3/c1-5-25(6-2)21-23-20-18(30-21)11-17(29-20)19(26)22-12-15-9-7-8-10-16(15)13-31(27,28)24-14(3)4/h7-11,14,24H,5-6,12-13H2,1-4H3,(H,22,26). The van der Waals surface area contributed by atoms with Crippen molar-refractivity contribution >= 4 is 53.3 Å². The average Bonchev–Trinajstić information content (AvgIpc) is 3.26. The van der Waals surface area contributed by atoms with Crippen molar-refractivity contribution in [1.82, 2.24) is 15.0 Å². The minimum absolute atomic E-state index is 0.121. The number of hydrogen-bond acceptors (Lipinski definition) is 7. The number of nitrogens with one attached hydrogen (secondary N) is 2. The lowest BCUT2D eigenvalue weighted by Gasteiger charge is -2.16. The molecule has 2 aromatic heterocycles. The van der Waals surface area contributed by atoms with E-state index in [0.29, 0.717) is 10.4 Å². The first-order chi connectivity index (χ1) is 14.7. The van der Waals surface area contributed by atoms with Gasteiger partial charge in [0.1, 0.15) is 4.83 Å². The third-order valence-electron chi connectivity index (χ3n) is 4.65. The normalized spacial score (nSPS) is 11.9. The minimum atomic E-state index is -3.44. The molecule has 10 heteroatoms. The molecule has 0 bridgehead atoms. The van der Waals surface area contributed by atoms with Gasteiger partial charge in [0.05, 0.1) is 15.3 Å². The SMILES string of the molecule is CCN(CC)c1nc2sc(C(=O)NCc3ccccc3CS(=O)(=O)NC(C)C)cc2s1. The molecule has 0 saturated heterocycles. The van der Waals surface area contributed by atoms with Crippen LogP contribution >= 0.6 is 22.7 Å². The van der Waals surface area contributed by atoms with E-state index in [9.17, 15) is 13.2 Å². The Bertz CT molecular complexity index is 1120. The molecule has 0 aliphatic heterocycles. The summed E-state index contributed by atoms with van der Waals surface area (Å²) >= 11 is 2.97.